The smallest absolute Gasteiger partial charge is 0.303 e. The molecule has 2 rings (SSSR count). The molecule has 4 nitrogen and oxygen atoms in total. The first-order valence-electron chi connectivity index (χ1n) is 7.41. The van der Waals surface area contributed by atoms with Crippen molar-refractivity contribution < 1.29 is 9.90 Å². The van der Waals surface area contributed by atoms with E-state index in [0.29, 0.717) is 6.42 Å². The topological polar surface area (TPSA) is 43.8 Å². The molecule has 0 unspecified atom stereocenters. The van der Waals surface area contributed by atoms with E-state index in [0.717, 1.165) is 44.8 Å². The summed E-state index contributed by atoms with van der Waals surface area (Å²) in [5.74, 6) is -0.733. The van der Waals surface area contributed by atoms with Crippen LogP contribution in [0.4, 0.5) is 0 Å². The summed E-state index contributed by atoms with van der Waals surface area (Å²) in [4.78, 5) is 15.5. The summed E-state index contributed by atoms with van der Waals surface area (Å²) in [6, 6.07) is 8.37. The fourth-order valence-electron chi connectivity index (χ4n) is 2.58. The molecule has 0 radical (unpaired) electrons. The second-order valence-electron chi connectivity index (χ2n) is 5.42. The van der Waals surface area contributed by atoms with Gasteiger partial charge < -0.3 is 10.0 Å². The second kappa shape index (κ2) is 7.41. The van der Waals surface area contributed by atoms with Crippen molar-refractivity contribution >= 4 is 5.97 Å². The molecule has 110 valence electrons. The highest BCUT2D eigenvalue weighted by atomic mass is 16.4. The van der Waals surface area contributed by atoms with Gasteiger partial charge in [-0.25, -0.2) is 0 Å². The minimum atomic E-state index is -0.733. The van der Waals surface area contributed by atoms with Gasteiger partial charge >= 0.3 is 5.97 Å². The van der Waals surface area contributed by atoms with Gasteiger partial charge in [-0.3, -0.25) is 9.69 Å². The molecular weight excluding hydrogens is 252 g/mol. The zero-order valence-electron chi connectivity index (χ0n) is 12.2. The van der Waals surface area contributed by atoms with E-state index in [1.807, 2.05) is 0 Å². The number of benzene rings is 1. The maximum absolute atomic E-state index is 10.5. The average molecular weight is 276 g/mol. The average Bonchev–Trinajstić information content (AvgIpc) is 2.47. The maximum atomic E-state index is 10.5. The first kappa shape index (κ1) is 15.0. The lowest BCUT2D eigenvalue weighted by Crippen LogP contribution is -2.45. The highest BCUT2D eigenvalue weighted by Gasteiger charge is 2.15. The Morgan fingerprint density at radius 1 is 1.05 bits per heavy atom. The van der Waals surface area contributed by atoms with Crippen LogP contribution in [0.5, 0.6) is 0 Å². The van der Waals surface area contributed by atoms with E-state index in [9.17, 15) is 4.79 Å². The van der Waals surface area contributed by atoms with E-state index in [1.54, 1.807) is 0 Å². The first-order chi connectivity index (χ1) is 9.67. The largest absolute Gasteiger partial charge is 0.481 e. The fraction of sp³-hybridized carbons (Fsp3) is 0.562. The van der Waals surface area contributed by atoms with Crippen molar-refractivity contribution in [2.75, 3.05) is 32.7 Å². The van der Waals surface area contributed by atoms with Crippen molar-refractivity contribution in [1.29, 1.82) is 0 Å². The van der Waals surface area contributed by atoms with E-state index >= 15 is 0 Å². The molecule has 1 fully saturated rings. The molecule has 0 amide bonds. The zero-order valence-corrected chi connectivity index (χ0v) is 12.2. The third-order valence-corrected chi connectivity index (χ3v) is 3.97. The van der Waals surface area contributed by atoms with Crippen LogP contribution in [0.1, 0.15) is 24.5 Å². The Hall–Kier alpha value is -1.39. The number of nitrogens with zero attached hydrogens (tertiary/aromatic N) is 2. The lowest BCUT2D eigenvalue weighted by molar-refractivity contribution is -0.136. The van der Waals surface area contributed by atoms with Crippen LogP contribution in [0.2, 0.25) is 0 Å². The van der Waals surface area contributed by atoms with Gasteiger partial charge in [-0.15, -0.1) is 0 Å². The number of piperazine rings is 1. The number of hydrogen-bond donors (Lipinski definition) is 1. The Bertz CT molecular complexity index is 423. The number of likely N-dealkylation sites (N-methyl/N-ethyl adjacent to an activating group) is 1. The summed E-state index contributed by atoms with van der Waals surface area (Å²) in [5, 5.41) is 8.68. The fourth-order valence-corrected chi connectivity index (χ4v) is 2.58. The van der Waals surface area contributed by atoms with Crippen LogP contribution in [-0.2, 0) is 17.8 Å². The summed E-state index contributed by atoms with van der Waals surface area (Å²) < 4.78 is 0. The van der Waals surface area contributed by atoms with E-state index < -0.39 is 5.97 Å². The van der Waals surface area contributed by atoms with Crippen LogP contribution < -0.4 is 0 Å². The molecule has 1 saturated heterocycles. The SMILES string of the molecule is CCN1CCN(Cc2ccc(CCC(=O)O)cc2)CC1. The number of carbonyl (C=O) groups is 1. The van der Waals surface area contributed by atoms with Crippen LogP contribution >= 0.6 is 0 Å². The molecule has 0 spiro atoms. The van der Waals surface area contributed by atoms with Gasteiger partial charge in [0, 0.05) is 39.1 Å². The van der Waals surface area contributed by atoms with Crippen LogP contribution in [0.15, 0.2) is 24.3 Å². The third-order valence-electron chi connectivity index (χ3n) is 3.97. The normalized spacial score (nSPS) is 17.2. The van der Waals surface area contributed by atoms with Gasteiger partial charge in [0.1, 0.15) is 0 Å². The van der Waals surface area contributed by atoms with Crippen LogP contribution in [0.25, 0.3) is 0 Å². The van der Waals surface area contributed by atoms with Crippen molar-refractivity contribution in [3.8, 4) is 0 Å². The Morgan fingerprint density at radius 3 is 2.15 bits per heavy atom. The number of carboxylic acid groups (broad SMARTS) is 1. The molecule has 0 bridgehead atoms. The minimum absolute atomic E-state index is 0.207. The molecule has 1 aliphatic rings. The van der Waals surface area contributed by atoms with E-state index in [1.165, 1.54) is 5.56 Å². The molecule has 4 heteroatoms. The molecule has 1 aromatic carbocycles. The first-order valence-corrected chi connectivity index (χ1v) is 7.41. The predicted molar refractivity (Wildman–Crippen MR) is 79.8 cm³/mol. The molecule has 1 aromatic rings. The van der Waals surface area contributed by atoms with Gasteiger partial charge in [0.15, 0.2) is 0 Å². The van der Waals surface area contributed by atoms with Gasteiger partial charge in [0.2, 0.25) is 0 Å². The Kier molecular flexibility index (Phi) is 5.56. The van der Waals surface area contributed by atoms with Gasteiger partial charge in [0.25, 0.3) is 0 Å². The van der Waals surface area contributed by atoms with Crippen molar-refractivity contribution in [3.63, 3.8) is 0 Å². The van der Waals surface area contributed by atoms with Gasteiger partial charge in [0.05, 0.1) is 0 Å². The van der Waals surface area contributed by atoms with Crippen molar-refractivity contribution in [2.24, 2.45) is 0 Å². The van der Waals surface area contributed by atoms with Crippen LogP contribution in [0.3, 0.4) is 0 Å². The van der Waals surface area contributed by atoms with Crippen LogP contribution in [0, 0.1) is 0 Å². The summed E-state index contributed by atoms with van der Waals surface area (Å²) >= 11 is 0. The summed E-state index contributed by atoms with van der Waals surface area (Å²) in [7, 11) is 0. The second-order valence-corrected chi connectivity index (χ2v) is 5.42. The van der Waals surface area contributed by atoms with E-state index in [2.05, 4.69) is 41.0 Å². The molecule has 1 aliphatic heterocycles. The summed E-state index contributed by atoms with van der Waals surface area (Å²) in [6.45, 7) is 8.94. The van der Waals surface area contributed by atoms with E-state index in [-0.39, 0.29) is 6.42 Å². The molecule has 0 saturated carbocycles. The zero-order chi connectivity index (χ0) is 14.4. The monoisotopic (exact) mass is 276 g/mol. The summed E-state index contributed by atoms with van der Waals surface area (Å²) in [5.41, 5.74) is 2.42. The molecule has 0 aromatic heterocycles. The molecule has 0 aliphatic carbocycles. The Balaban J connectivity index is 1.80. The lowest BCUT2D eigenvalue weighted by Gasteiger charge is -2.34. The molecular formula is C16H24N2O2. The Labute approximate surface area is 121 Å². The quantitative estimate of drug-likeness (QED) is 0.861. The maximum Gasteiger partial charge on any atom is 0.303 e. The van der Waals surface area contributed by atoms with Crippen LogP contribution in [-0.4, -0.2) is 53.6 Å². The molecule has 0 atom stereocenters. The van der Waals surface area contributed by atoms with E-state index in [4.69, 9.17) is 5.11 Å². The van der Waals surface area contributed by atoms with Gasteiger partial charge in [-0.05, 0) is 24.1 Å². The molecule has 20 heavy (non-hydrogen) atoms. The number of hydrogen-bond acceptors (Lipinski definition) is 3. The highest BCUT2D eigenvalue weighted by molar-refractivity contribution is 5.67. The number of aryl methyl sites for hydroxylation is 1. The number of aliphatic carboxylic acids is 1. The standard InChI is InChI=1S/C16H24N2O2/c1-2-17-9-11-18(12-10-17)13-15-5-3-14(4-6-15)7-8-16(19)20/h3-6H,2,7-13H2,1H3,(H,19,20). The predicted octanol–water partition coefficient (Wildman–Crippen LogP) is 1.84. The number of carboxylic acids is 1. The van der Waals surface area contributed by atoms with Gasteiger partial charge in [-0.1, -0.05) is 31.2 Å². The lowest BCUT2D eigenvalue weighted by atomic mass is 10.1. The number of rotatable bonds is 6. The van der Waals surface area contributed by atoms with Gasteiger partial charge in [-0.2, -0.15) is 0 Å². The third kappa shape index (κ3) is 4.62. The highest BCUT2D eigenvalue weighted by Crippen LogP contribution is 2.11. The molecule has 1 heterocycles. The van der Waals surface area contributed by atoms with Crippen molar-refractivity contribution in [1.82, 2.24) is 9.80 Å². The Morgan fingerprint density at radius 2 is 1.60 bits per heavy atom. The minimum Gasteiger partial charge on any atom is -0.481 e. The molecule has 1 N–H and O–H groups in total. The van der Waals surface area contributed by atoms with Crippen molar-refractivity contribution in [2.45, 2.75) is 26.3 Å². The summed E-state index contributed by atoms with van der Waals surface area (Å²) in [6.07, 6.45) is 0.823. The van der Waals surface area contributed by atoms with Crippen molar-refractivity contribution in [3.05, 3.63) is 35.4 Å².